The molecule has 3 rings (SSSR count). The molecule has 0 saturated carbocycles. The van der Waals surface area contributed by atoms with E-state index in [1.54, 1.807) is 19.2 Å². The molecule has 6 nitrogen and oxygen atoms in total. The van der Waals surface area contributed by atoms with Crippen LogP contribution in [0.3, 0.4) is 0 Å². The minimum atomic E-state index is -3.57. The van der Waals surface area contributed by atoms with E-state index >= 15 is 0 Å². The predicted molar refractivity (Wildman–Crippen MR) is 95.4 cm³/mol. The van der Waals surface area contributed by atoms with Gasteiger partial charge in [0.1, 0.15) is 11.0 Å². The highest BCUT2D eigenvalue weighted by Gasteiger charge is 2.43. The number of hydroxylamine groups is 2. The van der Waals surface area contributed by atoms with Crippen molar-refractivity contribution >= 4 is 10.0 Å². The maximum atomic E-state index is 12.8. The molecule has 0 aliphatic carbocycles. The zero-order valence-corrected chi connectivity index (χ0v) is 15.1. The Morgan fingerprint density at radius 1 is 1.20 bits per heavy atom. The minimum Gasteiger partial charge on any atom is -0.497 e. The first-order valence-electron chi connectivity index (χ1n) is 8.03. The first kappa shape index (κ1) is 17.9. The molecule has 1 aliphatic rings. The molecule has 1 aliphatic heterocycles. The molecular formula is C18H22N2O4S. The molecule has 1 fully saturated rings. The second-order valence-electron chi connectivity index (χ2n) is 5.95. The van der Waals surface area contributed by atoms with Gasteiger partial charge in [-0.15, -0.1) is 0 Å². The lowest BCUT2D eigenvalue weighted by molar-refractivity contribution is -0.110. The van der Waals surface area contributed by atoms with Gasteiger partial charge in [-0.05, 0) is 23.3 Å². The Morgan fingerprint density at radius 2 is 1.96 bits per heavy atom. The summed E-state index contributed by atoms with van der Waals surface area (Å²) in [5.74, 6) is 0.686. The van der Waals surface area contributed by atoms with Crippen LogP contribution in [0.2, 0.25) is 0 Å². The average molecular weight is 362 g/mol. The summed E-state index contributed by atoms with van der Waals surface area (Å²) in [5, 5.41) is 0.898. The van der Waals surface area contributed by atoms with E-state index in [1.807, 2.05) is 54.6 Å². The van der Waals surface area contributed by atoms with E-state index in [9.17, 15) is 8.42 Å². The molecule has 1 saturated heterocycles. The Morgan fingerprint density at radius 3 is 2.68 bits per heavy atom. The van der Waals surface area contributed by atoms with E-state index in [0.717, 1.165) is 11.1 Å². The number of hydrogen-bond donors (Lipinski definition) is 1. The van der Waals surface area contributed by atoms with Crippen molar-refractivity contribution in [2.24, 2.45) is 0 Å². The first-order chi connectivity index (χ1) is 12.0. The third-order valence-corrected chi connectivity index (χ3v) is 6.08. The van der Waals surface area contributed by atoms with Gasteiger partial charge in [0.2, 0.25) is 10.0 Å². The Balaban J connectivity index is 1.81. The highest BCUT2D eigenvalue weighted by Crippen LogP contribution is 2.34. The smallest absolute Gasteiger partial charge is 0.219 e. The Labute approximate surface area is 148 Å². The number of rotatable bonds is 6. The van der Waals surface area contributed by atoms with Crippen molar-refractivity contribution in [3.05, 3.63) is 65.7 Å². The number of hydrogen-bond acceptors (Lipinski definition) is 5. The number of benzene rings is 2. The monoisotopic (exact) mass is 362 g/mol. The van der Waals surface area contributed by atoms with E-state index in [0.29, 0.717) is 5.75 Å². The molecule has 1 heterocycles. The zero-order valence-electron chi connectivity index (χ0n) is 14.3. The number of nitrogens with one attached hydrogen (secondary N) is 1. The lowest BCUT2D eigenvalue weighted by Crippen LogP contribution is -2.39. The molecule has 2 aromatic carbocycles. The van der Waals surface area contributed by atoms with Crippen LogP contribution in [-0.2, 0) is 21.4 Å². The summed E-state index contributed by atoms with van der Waals surface area (Å²) in [7, 11) is -0.232. The number of sulfonamides is 1. The summed E-state index contributed by atoms with van der Waals surface area (Å²) < 4.78 is 33.6. The highest BCUT2D eigenvalue weighted by molar-refractivity contribution is 7.90. The van der Waals surface area contributed by atoms with Gasteiger partial charge >= 0.3 is 0 Å². The number of nitrogens with zero attached hydrogens (tertiary/aromatic N) is 1. The second-order valence-corrected chi connectivity index (χ2v) is 7.94. The number of ether oxygens (including phenoxy) is 1. The van der Waals surface area contributed by atoms with Gasteiger partial charge in [-0.1, -0.05) is 42.5 Å². The average Bonchev–Trinajstić information content (AvgIpc) is 3.03. The van der Waals surface area contributed by atoms with Crippen LogP contribution in [0.5, 0.6) is 5.75 Å². The van der Waals surface area contributed by atoms with Crippen LogP contribution < -0.4 is 9.46 Å². The van der Waals surface area contributed by atoms with E-state index in [4.69, 9.17) is 9.57 Å². The lowest BCUT2D eigenvalue weighted by Gasteiger charge is -2.23. The van der Waals surface area contributed by atoms with Gasteiger partial charge in [0.25, 0.3) is 0 Å². The van der Waals surface area contributed by atoms with E-state index in [-0.39, 0.29) is 13.2 Å². The quantitative estimate of drug-likeness (QED) is 0.852. The predicted octanol–water partition coefficient (Wildman–Crippen LogP) is 2.10. The van der Waals surface area contributed by atoms with Crippen molar-refractivity contribution in [3.8, 4) is 5.75 Å². The molecule has 0 amide bonds. The van der Waals surface area contributed by atoms with Gasteiger partial charge in [0.15, 0.2) is 0 Å². The van der Waals surface area contributed by atoms with Gasteiger partial charge in [-0.25, -0.2) is 13.1 Å². The summed E-state index contributed by atoms with van der Waals surface area (Å²) in [6.45, 7) is 0.372. The first-order valence-corrected chi connectivity index (χ1v) is 9.58. The molecule has 2 atom stereocenters. The highest BCUT2D eigenvalue weighted by atomic mass is 32.2. The fourth-order valence-electron chi connectivity index (χ4n) is 2.99. The molecule has 0 spiro atoms. The van der Waals surface area contributed by atoms with Crippen LogP contribution in [0.15, 0.2) is 54.6 Å². The maximum absolute atomic E-state index is 12.8. The SMILES string of the molecule is COc1cccc([C@@H]2[C@H](S(=O)(=O)NCc3ccccc3)CON2C)c1. The number of methoxy groups -OCH3 is 1. The van der Waals surface area contributed by atoms with E-state index in [1.165, 1.54) is 0 Å². The molecular weight excluding hydrogens is 340 g/mol. The van der Waals surface area contributed by atoms with E-state index in [2.05, 4.69) is 4.72 Å². The van der Waals surface area contributed by atoms with Crippen molar-refractivity contribution in [1.29, 1.82) is 0 Å². The minimum absolute atomic E-state index is 0.114. The van der Waals surface area contributed by atoms with Crippen molar-refractivity contribution in [2.45, 2.75) is 17.8 Å². The summed E-state index contributed by atoms with van der Waals surface area (Å²) in [4.78, 5) is 5.52. The maximum Gasteiger partial charge on any atom is 0.219 e. The molecule has 1 N–H and O–H groups in total. The molecule has 0 bridgehead atoms. The zero-order chi connectivity index (χ0) is 17.9. The second kappa shape index (κ2) is 7.53. The Hall–Kier alpha value is -1.93. The molecule has 134 valence electrons. The molecule has 0 radical (unpaired) electrons. The van der Waals surface area contributed by atoms with Crippen molar-refractivity contribution in [2.75, 3.05) is 20.8 Å². The van der Waals surface area contributed by atoms with Gasteiger partial charge in [0.05, 0.1) is 19.8 Å². The van der Waals surface area contributed by atoms with Gasteiger partial charge in [0, 0.05) is 13.6 Å². The lowest BCUT2D eigenvalue weighted by atomic mass is 10.0. The van der Waals surface area contributed by atoms with Crippen LogP contribution >= 0.6 is 0 Å². The van der Waals surface area contributed by atoms with Crippen molar-refractivity contribution < 1.29 is 18.0 Å². The van der Waals surface area contributed by atoms with Gasteiger partial charge < -0.3 is 4.74 Å². The Kier molecular flexibility index (Phi) is 5.39. The molecule has 0 aromatic heterocycles. The largest absolute Gasteiger partial charge is 0.497 e. The van der Waals surface area contributed by atoms with Gasteiger partial charge in [-0.3, -0.25) is 4.84 Å². The van der Waals surface area contributed by atoms with Crippen molar-refractivity contribution in [3.63, 3.8) is 0 Å². The fourth-order valence-corrected chi connectivity index (χ4v) is 4.48. The van der Waals surface area contributed by atoms with Crippen LogP contribution in [0, 0.1) is 0 Å². The summed E-state index contributed by atoms with van der Waals surface area (Å²) in [6, 6.07) is 16.5. The molecule has 0 unspecified atom stereocenters. The Bertz CT molecular complexity index is 811. The fraction of sp³-hybridized carbons (Fsp3) is 0.333. The van der Waals surface area contributed by atoms with Gasteiger partial charge in [-0.2, -0.15) is 5.06 Å². The third kappa shape index (κ3) is 4.01. The third-order valence-electron chi connectivity index (χ3n) is 4.34. The molecule has 2 aromatic rings. The standard InChI is InChI=1S/C18H22N2O4S/c1-20-18(15-9-6-10-16(11-15)23-2)17(13-24-20)25(21,22)19-12-14-7-4-3-5-8-14/h3-11,17-19H,12-13H2,1-2H3/t17-,18-/m1/s1. The van der Waals surface area contributed by atoms with Crippen LogP contribution in [0.25, 0.3) is 0 Å². The van der Waals surface area contributed by atoms with Crippen LogP contribution in [0.4, 0.5) is 0 Å². The van der Waals surface area contributed by atoms with E-state index < -0.39 is 21.3 Å². The molecule has 7 heteroatoms. The van der Waals surface area contributed by atoms with Crippen LogP contribution in [0.1, 0.15) is 17.2 Å². The van der Waals surface area contributed by atoms with Crippen LogP contribution in [-0.4, -0.2) is 39.5 Å². The summed E-state index contributed by atoms with van der Waals surface area (Å²) in [5.41, 5.74) is 1.76. The topological polar surface area (TPSA) is 67.9 Å². The normalized spacial score (nSPS) is 21.4. The summed E-state index contributed by atoms with van der Waals surface area (Å²) in [6.07, 6.45) is 0. The summed E-state index contributed by atoms with van der Waals surface area (Å²) >= 11 is 0. The molecule has 25 heavy (non-hydrogen) atoms. The van der Waals surface area contributed by atoms with Crippen molar-refractivity contribution in [1.82, 2.24) is 9.79 Å².